The molecule has 1 aliphatic carbocycles. The van der Waals surface area contributed by atoms with Gasteiger partial charge in [-0.3, -0.25) is 4.79 Å². The van der Waals surface area contributed by atoms with E-state index in [4.69, 9.17) is 4.74 Å². The molecule has 0 spiro atoms. The number of hydrogen-bond donors (Lipinski definition) is 0. The van der Waals surface area contributed by atoms with E-state index in [2.05, 4.69) is 5.10 Å². The van der Waals surface area contributed by atoms with Gasteiger partial charge in [0.2, 0.25) is 15.8 Å². The molecule has 0 bridgehead atoms. The lowest BCUT2D eigenvalue weighted by Gasteiger charge is -2.36. The summed E-state index contributed by atoms with van der Waals surface area (Å²) in [5.41, 5.74) is 0.790. The SMILES string of the molecule is CC(C)S(=O)(=O)N1CCN(c2cnn(-c3cc(F)cc(F)c3)c(=O)c2OC2Cc3cccc(F)c3C2)CC1. The monoisotopic (exact) mass is 548 g/mol. The number of sulfonamides is 1. The maximum absolute atomic E-state index is 14.3. The quantitative estimate of drug-likeness (QED) is 0.471. The molecule has 8 nitrogen and oxygen atoms in total. The third-order valence-corrected chi connectivity index (χ3v) is 9.20. The van der Waals surface area contributed by atoms with Gasteiger partial charge in [0.25, 0.3) is 0 Å². The summed E-state index contributed by atoms with van der Waals surface area (Å²) in [6.45, 7) is 4.21. The maximum Gasteiger partial charge on any atom is 0.316 e. The summed E-state index contributed by atoms with van der Waals surface area (Å²) in [6.07, 6.45) is 1.45. The Morgan fingerprint density at radius 2 is 1.68 bits per heavy atom. The molecule has 38 heavy (non-hydrogen) atoms. The number of nitrogens with zero attached hydrogens (tertiary/aromatic N) is 4. The van der Waals surface area contributed by atoms with E-state index >= 15 is 0 Å². The third-order valence-electron chi connectivity index (χ3n) is 6.92. The van der Waals surface area contributed by atoms with Crippen molar-refractivity contribution in [2.75, 3.05) is 31.1 Å². The molecular formula is C26H27F3N4O4S. The molecule has 202 valence electrons. The van der Waals surface area contributed by atoms with Gasteiger partial charge in [0.1, 0.15) is 29.2 Å². The molecule has 0 N–H and O–H groups in total. The first-order chi connectivity index (χ1) is 18.0. The molecule has 2 aromatic carbocycles. The van der Waals surface area contributed by atoms with E-state index in [0.717, 1.165) is 22.4 Å². The standard InChI is InChI=1S/C26H27F3N4O4S/c1-16(2)38(35,36)32-8-6-31(7-9-32)24-15-30-33(20-12-18(27)11-19(28)13-20)26(34)25(24)37-21-10-17-4-3-5-23(29)22(17)14-21/h3-5,11-13,15-16,21H,6-10,14H2,1-2H3. The molecule has 3 aromatic rings. The Bertz CT molecular complexity index is 1520. The molecular weight excluding hydrogens is 521 g/mol. The number of fused-ring (bicyclic) bond motifs is 1. The van der Waals surface area contributed by atoms with Crippen LogP contribution in [0.5, 0.6) is 5.75 Å². The van der Waals surface area contributed by atoms with Crippen molar-refractivity contribution in [3.8, 4) is 11.4 Å². The molecule has 1 aromatic heterocycles. The van der Waals surface area contributed by atoms with Crippen molar-refractivity contribution in [3.05, 3.63) is 81.5 Å². The van der Waals surface area contributed by atoms with E-state index in [1.54, 1.807) is 30.9 Å². The highest BCUT2D eigenvalue weighted by atomic mass is 32.2. The zero-order chi connectivity index (χ0) is 27.2. The van der Waals surface area contributed by atoms with E-state index in [0.29, 0.717) is 23.7 Å². The zero-order valence-corrected chi connectivity index (χ0v) is 21.7. The van der Waals surface area contributed by atoms with Gasteiger partial charge in [-0.25, -0.2) is 21.6 Å². The molecule has 2 heterocycles. The summed E-state index contributed by atoms with van der Waals surface area (Å²) >= 11 is 0. The third kappa shape index (κ3) is 4.90. The van der Waals surface area contributed by atoms with Crippen LogP contribution in [0.2, 0.25) is 0 Å². The predicted molar refractivity (Wildman–Crippen MR) is 136 cm³/mol. The van der Waals surface area contributed by atoms with Crippen LogP contribution in [0.4, 0.5) is 18.9 Å². The van der Waals surface area contributed by atoms with Crippen molar-refractivity contribution < 1.29 is 26.3 Å². The molecule has 1 saturated heterocycles. The molecule has 2 aliphatic rings. The molecule has 0 saturated carbocycles. The lowest BCUT2D eigenvalue weighted by atomic mass is 10.1. The van der Waals surface area contributed by atoms with Gasteiger partial charge in [-0.1, -0.05) is 12.1 Å². The fourth-order valence-corrected chi connectivity index (χ4v) is 6.18. The number of aromatic nitrogens is 2. The Labute approximate surface area is 218 Å². The highest BCUT2D eigenvalue weighted by molar-refractivity contribution is 7.89. The normalized spacial score (nSPS) is 18.2. The minimum absolute atomic E-state index is 0.0944. The largest absolute Gasteiger partial charge is 0.482 e. The maximum atomic E-state index is 14.3. The zero-order valence-electron chi connectivity index (χ0n) is 20.9. The van der Waals surface area contributed by atoms with Crippen LogP contribution in [0, 0.1) is 17.5 Å². The number of rotatable bonds is 6. The fraction of sp³-hybridized carbons (Fsp3) is 0.385. The lowest BCUT2D eigenvalue weighted by Crippen LogP contribution is -2.50. The first-order valence-corrected chi connectivity index (χ1v) is 13.8. The van der Waals surface area contributed by atoms with Crippen LogP contribution < -0.4 is 15.2 Å². The average molecular weight is 549 g/mol. The van der Waals surface area contributed by atoms with Gasteiger partial charge < -0.3 is 9.64 Å². The second-order valence-electron chi connectivity index (χ2n) is 9.71. The highest BCUT2D eigenvalue weighted by Crippen LogP contribution is 2.32. The number of piperazine rings is 1. The number of halogens is 3. The van der Waals surface area contributed by atoms with E-state index in [-0.39, 0.29) is 49.9 Å². The van der Waals surface area contributed by atoms with Crippen LogP contribution in [-0.2, 0) is 22.9 Å². The molecule has 0 amide bonds. The Hall–Kier alpha value is -3.38. The van der Waals surface area contributed by atoms with Crippen LogP contribution in [0.25, 0.3) is 5.69 Å². The summed E-state index contributed by atoms with van der Waals surface area (Å²) in [6, 6.07) is 7.45. The molecule has 0 radical (unpaired) electrons. The minimum Gasteiger partial charge on any atom is -0.482 e. The lowest BCUT2D eigenvalue weighted by molar-refractivity contribution is 0.209. The Morgan fingerprint density at radius 3 is 2.32 bits per heavy atom. The van der Waals surface area contributed by atoms with Gasteiger partial charge in [0.05, 0.1) is 17.1 Å². The smallest absolute Gasteiger partial charge is 0.316 e. The number of benzene rings is 2. The molecule has 1 aliphatic heterocycles. The summed E-state index contributed by atoms with van der Waals surface area (Å²) in [4.78, 5) is 15.4. The Balaban J connectivity index is 1.50. The fourth-order valence-electron chi connectivity index (χ4n) is 4.91. The molecule has 5 rings (SSSR count). The van der Waals surface area contributed by atoms with Crippen molar-refractivity contribution in [1.82, 2.24) is 14.1 Å². The van der Waals surface area contributed by atoms with Gasteiger partial charge in [-0.15, -0.1) is 0 Å². The second kappa shape index (κ2) is 10.1. The summed E-state index contributed by atoms with van der Waals surface area (Å²) in [7, 11) is -3.44. The van der Waals surface area contributed by atoms with Gasteiger partial charge in [0, 0.05) is 45.1 Å². The Kier molecular flexibility index (Phi) is 6.95. The van der Waals surface area contributed by atoms with Gasteiger partial charge >= 0.3 is 5.56 Å². The van der Waals surface area contributed by atoms with E-state index < -0.39 is 38.6 Å². The van der Waals surface area contributed by atoms with Crippen molar-refractivity contribution in [2.24, 2.45) is 0 Å². The highest BCUT2D eigenvalue weighted by Gasteiger charge is 2.33. The van der Waals surface area contributed by atoms with Crippen LogP contribution in [-0.4, -0.2) is 60.0 Å². The van der Waals surface area contributed by atoms with Gasteiger partial charge in [-0.2, -0.15) is 14.1 Å². The van der Waals surface area contributed by atoms with E-state index in [9.17, 15) is 26.4 Å². The number of anilines is 1. The summed E-state index contributed by atoms with van der Waals surface area (Å²) < 4.78 is 75.8. The van der Waals surface area contributed by atoms with Crippen molar-refractivity contribution in [1.29, 1.82) is 0 Å². The van der Waals surface area contributed by atoms with E-state index in [1.165, 1.54) is 16.6 Å². The predicted octanol–water partition coefficient (Wildman–Crippen LogP) is 3.06. The van der Waals surface area contributed by atoms with Crippen molar-refractivity contribution in [3.63, 3.8) is 0 Å². The Morgan fingerprint density at radius 1 is 1.00 bits per heavy atom. The van der Waals surface area contributed by atoms with Gasteiger partial charge in [0.15, 0.2) is 0 Å². The molecule has 1 unspecified atom stereocenters. The van der Waals surface area contributed by atoms with Crippen molar-refractivity contribution >= 4 is 15.7 Å². The number of hydrogen-bond acceptors (Lipinski definition) is 6. The van der Waals surface area contributed by atoms with Crippen LogP contribution in [0.1, 0.15) is 25.0 Å². The minimum atomic E-state index is -3.44. The topological polar surface area (TPSA) is 84.7 Å². The van der Waals surface area contributed by atoms with Gasteiger partial charge in [-0.05, 0) is 43.2 Å². The molecule has 1 fully saturated rings. The van der Waals surface area contributed by atoms with Crippen LogP contribution in [0.15, 0.2) is 47.4 Å². The van der Waals surface area contributed by atoms with Crippen LogP contribution >= 0.6 is 0 Å². The second-order valence-corrected chi connectivity index (χ2v) is 12.2. The molecule has 1 atom stereocenters. The summed E-state index contributed by atoms with van der Waals surface area (Å²) in [5.74, 6) is -2.18. The van der Waals surface area contributed by atoms with Crippen LogP contribution in [0.3, 0.4) is 0 Å². The first kappa shape index (κ1) is 26.2. The van der Waals surface area contributed by atoms with Crippen molar-refractivity contribution in [2.45, 2.75) is 38.0 Å². The van der Waals surface area contributed by atoms with E-state index in [1.807, 2.05) is 0 Å². The summed E-state index contributed by atoms with van der Waals surface area (Å²) in [5, 5.41) is 3.59. The average Bonchev–Trinajstić information content (AvgIpc) is 3.29. The number of ether oxygens (including phenoxy) is 1. The first-order valence-electron chi connectivity index (χ1n) is 12.3. The molecule has 12 heteroatoms.